The molecule has 1 fully saturated rings. The van der Waals surface area contributed by atoms with Crippen LogP contribution in [0.3, 0.4) is 0 Å². The lowest BCUT2D eigenvalue weighted by atomic mass is 9.71. The summed E-state index contributed by atoms with van der Waals surface area (Å²) in [5.74, 6) is 0. The predicted octanol–water partition coefficient (Wildman–Crippen LogP) is 1.68. The zero-order valence-electron chi connectivity index (χ0n) is 9.90. The van der Waals surface area contributed by atoms with Gasteiger partial charge in [-0.25, -0.2) is 13.1 Å². The monoisotopic (exact) mass is 274 g/mol. The molecule has 1 aliphatic carbocycles. The van der Waals surface area contributed by atoms with Crippen LogP contribution in [-0.2, 0) is 16.6 Å². The number of thiophene rings is 1. The predicted molar refractivity (Wildman–Crippen MR) is 69.4 cm³/mol. The summed E-state index contributed by atoms with van der Waals surface area (Å²) in [5.41, 5.74) is 5.63. The zero-order valence-corrected chi connectivity index (χ0v) is 11.5. The van der Waals surface area contributed by atoms with Gasteiger partial charge in [-0.15, -0.1) is 11.3 Å². The lowest BCUT2D eigenvalue weighted by molar-refractivity contribution is 0.166. The number of hydrogen-bond donors (Lipinski definition) is 2. The van der Waals surface area contributed by atoms with Gasteiger partial charge in [0.1, 0.15) is 4.21 Å². The Bertz CT molecular complexity index is 489. The van der Waals surface area contributed by atoms with E-state index < -0.39 is 10.0 Å². The van der Waals surface area contributed by atoms with Gasteiger partial charge < -0.3 is 5.73 Å². The Morgan fingerprint density at radius 1 is 1.47 bits per heavy atom. The molecular weight excluding hydrogens is 256 g/mol. The minimum absolute atomic E-state index is 0.154. The largest absolute Gasteiger partial charge is 0.326 e. The number of nitrogens with one attached hydrogen (secondary N) is 1. The molecule has 0 aliphatic heterocycles. The van der Waals surface area contributed by atoms with Gasteiger partial charge >= 0.3 is 0 Å². The third-order valence-electron chi connectivity index (χ3n) is 3.35. The Hall–Kier alpha value is -0.430. The summed E-state index contributed by atoms with van der Waals surface area (Å²) in [6, 6.07) is 3.39. The Labute approximate surface area is 106 Å². The number of rotatable bonds is 5. The van der Waals surface area contributed by atoms with E-state index >= 15 is 0 Å². The van der Waals surface area contributed by atoms with Crippen molar-refractivity contribution >= 4 is 21.4 Å². The molecule has 0 unspecified atom stereocenters. The molecule has 0 bridgehead atoms. The molecule has 17 heavy (non-hydrogen) atoms. The van der Waals surface area contributed by atoms with Crippen molar-refractivity contribution in [3.8, 4) is 0 Å². The van der Waals surface area contributed by atoms with Crippen LogP contribution in [0, 0.1) is 5.41 Å². The van der Waals surface area contributed by atoms with Crippen LogP contribution in [0.1, 0.15) is 31.1 Å². The molecule has 6 heteroatoms. The van der Waals surface area contributed by atoms with E-state index in [0.717, 1.165) is 17.7 Å². The lowest BCUT2D eigenvalue weighted by Gasteiger charge is -2.38. The molecular formula is C11H18N2O2S2. The van der Waals surface area contributed by atoms with Crippen molar-refractivity contribution in [1.29, 1.82) is 0 Å². The fourth-order valence-electron chi connectivity index (χ4n) is 1.91. The topological polar surface area (TPSA) is 72.2 Å². The molecule has 3 N–H and O–H groups in total. The standard InChI is InChI=1S/C11H18N2O2S2/c1-11(5-2-6-11)8-13-17(14,15)10-4-3-9(7-12)16-10/h3-4,13H,2,5-8,12H2,1H3. The second kappa shape index (κ2) is 4.68. The summed E-state index contributed by atoms with van der Waals surface area (Å²) in [6.07, 6.45) is 3.41. The van der Waals surface area contributed by atoms with Crippen LogP contribution in [0.5, 0.6) is 0 Å². The van der Waals surface area contributed by atoms with Crippen LogP contribution >= 0.6 is 11.3 Å². The van der Waals surface area contributed by atoms with E-state index in [-0.39, 0.29) is 5.41 Å². The summed E-state index contributed by atoms with van der Waals surface area (Å²) in [6.45, 7) is 3.04. The molecule has 96 valence electrons. The first kappa shape index (κ1) is 13.0. The van der Waals surface area contributed by atoms with Crippen molar-refractivity contribution in [3.05, 3.63) is 17.0 Å². The van der Waals surface area contributed by atoms with Crippen molar-refractivity contribution in [2.75, 3.05) is 6.54 Å². The second-order valence-electron chi connectivity index (χ2n) is 4.91. The first-order valence-corrected chi connectivity index (χ1v) is 8.04. The van der Waals surface area contributed by atoms with Gasteiger partial charge in [0.05, 0.1) is 0 Å². The van der Waals surface area contributed by atoms with Gasteiger partial charge in [0.25, 0.3) is 0 Å². The van der Waals surface area contributed by atoms with Crippen LogP contribution in [0.25, 0.3) is 0 Å². The zero-order chi connectivity index (χ0) is 12.5. The minimum Gasteiger partial charge on any atom is -0.326 e. The highest BCUT2D eigenvalue weighted by molar-refractivity contribution is 7.91. The molecule has 2 rings (SSSR count). The van der Waals surface area contributed by atoms with Gasteiger partial charge in [-0.3, -0.25) is 0 Å². The Kier molecular flexibility index (Phi) is 3.58. The van der Waals surface area contributed by atoms with Gasteiger partial charge in [-0.2, -0.15) is 0 Å². The van der Waals surface area contributed by atoms with E-state index in [1.54, 1.807) is 12.1 Å². The summed E-state index contributed by atoms with van der Waals surface area (Å²) in [4.78, 5) is 0.889. The Morgan fingerprint density at radius 3 is 2.65 bits per heavy atom. The maximum absolute atomic E-state index is 12.0. The Morgan fingerprint density at radius 2 is 2.18 bits per heavy atom. The molecule has 1 aromatic heterocycles. The lowest BCUT2D eigenvalue weighted by Crippen LogP contribution is -2.39. The van der Waals surface area contributed by atoms with Gasteiger partial charge in [-0.05, 0) is 30.4 Å². The van der Waals surface area contributed by atoms with E-state index in [1.165, 1.54) is 17.8 Å². The van der Waals surface area contributed by atoms with Crippen LogP contribution in [0.15, 0.2) is 16.3 Å². The smallest absolute Gasteiger partial charge is 0.250 e. The molecule has 0 aromatic carbocycles. The van der Waals surface area contributed by atoms with Crippen molar-refractivity contribution in [3.63, 3.8) is 0 Å². The summed E-state index contributed by atoms with van der Waals surface area (Å²) in [5, 5.41) is 0. The maximum Gasteiger partial charge on any atom is 0.250 e. The van der Waals surface area contributed by atoms with Crippen molar-refractivity contribution in [1.82, 2.24) is 4.72 Å². The van der Waals surface area contributed by atoms with E-state index in [1.807, 2.05) is 0 Å². The molecule has 4 nitrogen and oxygen atoms in total. The SMILES string of the molecule is CC1(CNS(=O)(=O)c2ccc(CN)s2)CCC1. The highest BCUT2D eigenvalue weighted by Crippen LogP contribution is 2.39. The molecule has 0 spiro atoms. The van der Waals surface area contributed by atoms with E-state index in [2.05, 4.69) is 11.6 Å². The van der Waals surface area contributed by atoms with Gasteiger partial charge in [0.2, 0.25) is 10.0 Å². The number of hydrogen-bond acceptors (Lipinski definition) is 4. The third-order valence-corrected chi connectivity index (χ3v) is 6.35. The minimum atomic E-state index is -3.35. The van der Waals surface area contributed by atoms with Crippen LogP contribution in [0.4, 0.5) is 0 Å². The van der Waals surface area contributed by atoms with E-state index in [9.17, 15) is 8.42 Å². The Balaban J connectivity index is 2.03. The average Bonchev–Trinajstić information content (AvgIpc) is 2.73. The molecule has 1 aromatic rings. The van der Waals surface area contributed by atoms with Gasteiger partial charge in [0, 0.05) is 18.0 Å². The van der Waals surface area contributed by atoms with E-state index in [4.69, 9.17) is 5.73 Å². The van der Waals surface area contributed by atoms with Crippen LogP contribution in [0.2, 0.25) is 0 Å². The summed E-state index contributed by atoms with van der Waals surface area (Å²) < 4.78 is 27.1. The molecule has 0 saturated heterocycles. The fraction of sp³-hybridized carbons (Fsp3) is 0.636. The molecule has 0 atom stereocenters. The molecule has 1 saturated carbocycles. The summed E-state index contributed by atoms with van der Waals surface area (Å²) >= 11 is 1.24. The number of nitrogens with two attached hydrogens (primary N) is 1. The van der Waals surface area contributed by atoms with Crippen LogP contribution in [-0.4, -0.2) is 15.0 Å². The first-order valence-electron chi connectivity index (χ1n) is 5.74. The van der Waals surface area contributed by atoms with Crippen molar-refractivity contribution < 1.29 is 8.42 Å². The fourth-order valence-corrected chi connectivity index (χ4v) is 4.39. The molecule has 0 radical (unpaired) electrons. The van der Waals surface area contributed by atoms with Crippen molar-refractivity contribution in [2.45, 2.75) is 36.9 Å². The van der Waals surface area contributed by atoms with Crippen LogP contribution < -0.4 is 10.5 Å². The quantitative estimate of drug-likeness (QED) is 0.858. The number of sulfonamides is 1. The molecule has 1 heterocycles. The van der Waals surface area contributed by atoms with Gasteiger partial charge in [0.15, 0.2) is 0 Å². The normalized spacial score (nSPS) is 18.9. The molecule has 1 aliphatic rings. The molecule has 0 amide bonds. The van der Waals surface area contributed by atoms with Crippen molar-refractivity contribution in [2.24, 2.45) is 11.1 Å². The highest BCUT2D eigenvalue weighted by atomic mass is 32.2. The maximum atomic E-state index is 12.0. The average molecular weight is 274 g/mol. The first-order chi connectivity index (χ1) is 7.95. The van der Waals surface area contributed by atoms with Gasteiger partial charge in [-0.1, -0.05) is 13.3 Å². The summed E-state index contributed by atoms with van der Waals surface area (Å²) in [7, 11) is -3.35. The van der Waals surface area contributed by atoms with E-state index in [0.29, 0.717) is 17.3 Å². The highest BCUT2D eigenvalue weighted by Gasteiger charge is 2.33. The second-order valence-corrected chi connectivity index (χ2v) is 8.08. The third kappa shape index (κ3) is 2.88.